The summed E-state index contributed by atoms with van der Waals surface area (Å²) in [5.41, 5.74) is 0.499. The van der Waals surface area contributed by atoms with E-state index >= 15 is 0 Å². The molecule has 9 nitrogen and oxygen atoms in total. The van der Waals surface area contributed by atoms with Gasteiger partial charge >= 0.3 is 17.9 Å². The largest absolute Gasteiger partial charge is 0.493 e. The van der Waals surface area contributed by atoms with Gasteiger partial charge in [-0.15, -0.1) is 0 Å². The molecule has 0 bridgehead atoms. The van der Waals surface area contributed by atoms with Crippen LogP contribution in [0, 0.1) is 11.8 Å². The van der Waals surface area contributed by atoms with Crippen LogP contribution in [0.1, 0.15) is 34.6 Å². The summed E-state index contributed by atoms with van der Waals surface area (Å²) in [6.45, 7) is 11.2. The first-order chi connectivity index (χ1) is 20.2. The topological polar surface area (TPSA) is 114 Å². The molecule has 0 spiro atoms. The van der Waals surface area contributed by atoms with E-state index in [-0.39, 0.29) is 42.0 Å². The average Bonchev–Trinajstić information content (AvgIpc) is 3.02. The highest BCUT2D eigenvalue weighted by atomic mass is 16.5. The van der Waals surface area contributed by atoms with Crippen LogP contribution in [0.15, 0.2) is 98.1 Å². The molecule has 0 aliphatic heterocycles. The number of ether oxygens (including phenoxy) is 5. The van der Waals surface area contributed by atoms with Gasteiger partial charge in [0.05, 0.1) is 36.9 Å². The molecule has 0 saturated heterocycles. The lowest BCUT2D eigenvalue weighted by Crippen LogP contribution is -2.16. The SMILES string of the molecule is C=CC(=O)OCC(C)COc1ccc(OC(=O)c2ccc(C(=O)Oc3ccc(OCC(C)C(=O)C=C)cc3)cc2)cc1. The first-order valence-electron chi connectivity index (χ1n) is 13.1. The first kappa shape index (κ1) is 31.3. The zero-order valence-electron chi connectivity index (χ0n) is 23.4. The number of carbonyl (C=O) groups excluding carboxylic acids is 4. The van der Waals surface area contributed by atoms with Crippen molar-refractivity contribution in [1.29, 1.82) is 0 Å². The standard InChI is InChI=1S/C33H32O9/c1-5-30(34)23(4)21-39-27-13-17-29(18-14-27)42-33(37)25-9-7-24(8-10-25)32(36)41-28-15-11-26(12-16-28)38-19-22(3)20-40-31(35)6-2/h5-18,22-23H,1-2,19-21H2,3-4H3. The molecule has 218 valence electrons. The van der Waals surface area contributed by atoms with E-state index in [0.717, 1.165) is 6.08 Å². The van der Waals surface area contributed by atoms with Crippen molar-refractivity contribution < 1.29 is 42.9 Å². The molecule has 0 fully saturated rings. The number of hydrogen-bond donors (Lipinski definition) is 0. The highest BCUT2D eigenvalue weighted by Gasteiger charge is 2.14. The maximum atomic E-state index is 12.6. The van der Waals surface area contributed by atoms with Crippen molar-refractivity contribution in [2.24, 2.45) is 11.8 Å². The predicted octanol–water partition coefficient (Wildman–Crippen LogP) is 5.64. The van der Waals surface area contributed by atoms with Crippen LogP contribution in [-0.2, 0) is 14.3 Å². The second kappa shape index (κ2) is 15.6. The molecule has 42 heavy (non-hydrogen) atoms. The van der Waals surface area contributed by atoms with Gasteiger partial charge in [-0.05, 0) is 78.9 Å². The highest BCUT2D eigenvalue weighted by molar-refractivity contribution is 5.95. The van der Waals surface area contributed by atoms with Gasteiger partial charge in [-0.1, -0.05) is 27.0 Å². The highest BCUT2D eigenvalue weighted by Crippen LogP contribution is 2.21. The van der Waals surface area contributed by atoms with Crippen LogP contribution >= 0.6 is 0 Å². The van der Waals surface area contributed by atoms with Crippen molar-refractivity contribution in [1.82, 2.24) is 0 Å². The monoisotopic (exact) mass is 572 g/mol. The molecule has 0 saturated carbocycles. The molecule has 0 aliphatic carbocycles. The molecule has 3 rings (SSSR count). The molecule has 0 N–H and O–H groups in total. The van der Waals surface area contributed by atoms with Crippen LogP contribution in [0.5, 0.6) is 23.0 Å². The number of allylic oxidation sites excluding steroid dienone is 1. The maximum Gasteiger partial charge on any atom is 0.343 e. The molecule has 3 aromatic carbocycles. The quantitative estimate of drug-likeness (QED) is 0.130. The summed E-state index contributed by atoms with van der Waals surface area (Å²) in [4.78, 5) is 47.8. The van der Waals surface area contributed by atoms with Crippen molar-refractivity contribution in [2.75, 3.05) is 19.8 Å². The summed E-state index contributed by atoms with van der Waals surface area (Å²) in [6.07, 6.45) is 2.37. The fourth-order valence-corrected chi connectivity index (χ4v) is 3.36. The summed E-state index contributed by atoms with van der Waals surface area (Å²) >= 11 is 0. The molecule has 0 amide bonds. The zero-order valence-corrected chi connectivity index (χ0v) is 23.4. The van der Waals surface area contributed by atoms with Crippen LogP contribution in [0.2, 0.25) is 0 Å². The molecule has 0 radical (unpaired) electrons. The predicted molar refractivity (Wildman–Crippen MR) is 155 cm³/mol. The summed E-state index contributed by atoms with van der Waals surface area (Å²) in [5, 5.41) is 0. The minimum atomic E-state index is -0.599. The summed E-state index contributed by atoms with van der Waals surface area (Å²) < 4.78 is 27.0. The lowest BCUT2D eigenvalue weighted by atomic mass is 10.1. The molecule has 0 aromatic heterocycles. The fraction of sp³-hybridized carbons (Fsp3) is 0.212. The van der Waals surface area contributed by atoms with Crippen LogP contribution in [-0.4, -0.2) is 43.5 Å². The van der Waals surface area contributed by atoms with Crippen molar-refractivity contribution >= 4 is 23.7 Å². The van der Waals surface area contributed by atoms with Gasteiger partial charge in [-0.3, -0.25) is 4.79 Å². The number of hydrogen-bond acceptors (Lipinski definition) is 9. The second-order valence-electron chi connectivity index (χ2n) is 9.37. The second-order valence-corrected chi connectivity index (χ2v) is 9.37. The van der Waals surface area contributed by atoms with Gasteiger partial charge < -0.3 is 23.7 Å². The van der Waals surface area contributed by atoms with Gasteiger partial charge in [-0.25, -0.2) is 14.4 Å². The third kappa shape index (κ3) is 9.78. The van der Waals surface area contributed by atoms with Crippen molar-refractivity contribution in [3.8, 4) is 23.0 Å². The average molecular weight is 573 g/mol. The zero-order chi connectivity index (χ0) is 30.5. The summed E-state index contributed by atoms with van der Waals surface area (Å²) in [7, 11) is 0. The van der Waals surface area contributed by atoms with Crippen LogP contribution in [0.25, 0.3) is 0 Å². The third-order valence-corrected chi connectivity index (χ3v) is 5.82. The van der Waals surface area contributed by atoms with E-state index in [1.54, 1.807) is 55.5 Å². The van der Waals surface area contributed by atoms with Gasteiger partial charge in [0.15, 0.2) is 5.78 Å². The summed E-state index contributed by atoms with van der Waals surface area (Å²) in [5.74, 6) is -0.402. The molecule has 2 atom stereocenters. The van der Waals surface area contributed by atoms with Crippen molar-refractivity contribution in [2.45, 2.75) is 13.8 Å². The smallest absolute Gasteiger partial charge is 0.343 e. The molecule has 2 unspecified atom stereocenters. The Hall–Kier alpha value is -5.18. The number of rotatable bonds is 15. The Morgan fingerprint density at radius 3 is 1.48 bits per heavy atom. The fourth-order valence-electron chi connectivity index (χ4n) is 3.36. The Morgan fingerprint density at radius 1 is 0.619 bits per heavy atom. The van der Waals surface area contributed by atoms with Crippen molar-refractivity contribution in [3.63, 3.8) is 0 Å². The Kier molecular flexibility index (Phi) is 11.6. The Bertz CT molecular complexity index is 1390. The number of carbonyl (C=O) groups is 4. The van der Waals surface area contributed by atoms with E-state index in [1.165, 1.54) is 30.3 Å². The van der Waals surface area contributed by atoms with Crippen LogP contribution < -0.4 is 18.9 Å². The lowest BCUT2D eigenvalue weighted by molar-refractivity contribution is -0.139. The first-order valence-corrected chi connectivity index (χ1v) is 13.1. The number of ketones is 1. The van der Waals surface area contributed by atoms with Crippen molar-refractivity contribution in [3.05, 3.63) is 109 Å². The minimum absolute atomic E-state index is 0.0257. The van der Waals surface area contributed by atoms with Gasteiger partial charge in [-0.2, -0.15) is 0 Å². The Labute approximate surface area is 244 Å². The molecule has 3 aromatic rings. The molecule has 0 aliphatic rings. The molecule has 9 heteroatoms. The number of benzene rings is 3. The number of esters is 3. The molecule has 0 heterocycles. The maximum absolute atomic E-state index is 12.6. The summed E-state index contributed by atoms with van der Waals surface area (Å²) in [6, 6.07) is 18.8. The van der Waals surface area contributed by atoms with E-state index in [9.17, 15) is 19.2 Å². The van der Waals surface area contributed by atoms with E-state index in [1.807, 2.05) is 6.92 Å². The normalized spacial score (nSPS) is 11.8. The third-order valence-electron chi connectivity index (χ3n) is 5.82. The van der Waals surface area contributed by atoms with E-state index in [0.29, 0.717) is 29.6 Å². The van der Waals surface area contributed by atoms with Crippen LogP contribution in [0.3, 0.4) is 0 Å². The van der Waals surface area contributed by atoms with Gasteiger partial charge in [0.25, 0.3) is 0 Å². The van der Waals surface area contributed by atoms with E-state index in [4.69, 9.17) is 23.7 Å². The minimum Gasteiger partial charge on any atom is -0.493 e. The van der Waals surface area contributed by atoms with E-state index < -0.39 is 17.9 Å². The molecular weight excluding hydrogens is 540 g/mol. The Morgan fingerprint density at radius 2 is 1.05 bits per heavy atom. The van der Waals surface area contributed by atoms with Gasteiger partial charge in [0.2, 0.25) is 0 Å². The van der Waals surface area contributed by atoms with Gasteiger partial charge in [0, 0.05) is 12.0 Å². The van der Waals surface area contributed by atoms with Gasteiger partial charge in [0.1, 0.15) is 23.0 Å². The molecular formula is C33H32O9. The van der Waals surface area contributed by atoms with E-state index in [2.05, 4.69) is 13.2 Å². The van der Waals surface area contributed by atoms with Crippen LogP contribution in [0.4, 0.5) is 0 Å². The lowest BCUT2D eigenvalue weighted by Gasteiger charge is -2.13. The Balaban J connectivity index is 1.46.